The van der Waals surface area contributed by atoms with Gasteiger partial charge in [0.05, 0.1) is 0 Å². The van der Waals surface area contributed by atoms with Crippen molar-refractivity contribution >= 4 is 10.4 Å². The van der Waals surface area contributed by atoms with Crippen LogP contribution in [0.4, 0.5) is 0 Å². The van der Waals surface area contributed by atoms with Gasteiger partial charge in [0.25, 0.3) is 0 Å². The third kappa shape index (κ3) is 15.4. The zero-order valence-electron chi connectivity index (χ0n) is 18.4. The molecule has 0 aliphatic carbocycles. The quantitative estimate of drug-likeness (QED) is 0.182. The normalized spacial score (nSPS) is 11.7. The van der Waals surface area contributed by atoms with Crippen LogP contribution in [-0.4, -0.2) is 13.0 Å². The van der Waals surface area contributed by atoms with Gasteiger partial charge in [0.15, 0.2) is 0 Å². The first-order chi connectivity index (χ1) is 14.0. The Morgan fingerprint density at radius 2 is 1.10 bits per heavy atom. The van der Waals surface area contributed by atoms with Gasteiger partial charge >= 0.3 is 10.4 Å². The van der Waals surface area contributed by atoms with Crippen LogP contribution in [-0.2, 0) is 16.8 Å². The summed E-state index contributed by atoms with van der Waals surface area (Å²) in [6.07, 6.45) is 22.1. The average Bonchev–Trinajstić information content (AvgIpc) is 2.67. The van der Waals surface area contributed by atoms with E-state index in [1.165, 1.54) is 89.9 Å². The highest BCUT2D eigenvalue weighted by Crippen LogP contribution is 2.22. The molecule has 5 heteroatoms. The van der Waals surface area contributed by atoms with E-state index in [0.717, 1.165) is 24.8 Å². The number of rotatable bonds is 19. The summed E-state index contributed by atoms with van der Waals surface area (Å²) >= 11 is 0. The maximum Gasteiger partial charge on any atom is 0.446 e. The monoisotopic (exact) mass is 426 g/mol. The van der Waals surface area contributed by atoms with Gasteiger partial charge in [0.1, 0.15) is 5.75 Å². The summed E-state index contributed by atoms with van der Waals surface area (Å²) in [6.45, 7) is 2.27. The lowest BCUT2D eigenvalue weighted by atomic mass is 10.0. The highest BCUT2D eigenvalue weighted by atomic mass is 32.3. The molecule has 0 atom stereocenters. The minimum absolute atomic E-state index is 0.232. The molecule has 0 aliphatic heterocycles. The van der Waals surface area contributed by atoms with Crippen molar-refractivity contribution in [1.82, 2.24) is 0 Å². The number of benzene rings is 1. The molecule has 0 amide bonds. The summed E-state index contributed by atoms with van der Waals surface area (Å²) in [5.74, 6) is 0.232. The summed E-state index contributed by atoms with van der Waals surface area (Å²) in [7, 11) is -4.46. The van der Waals surface area contributed by atoms with E-state index in [1.54, 1.807) is 12.1 Å². The molecule has 4 nitrogen and oxygen atoms in total. The number of para-hydroxylation sites is 1. The molecule has 29 heavy (non-hydrogen) atoms. The van der Waals surface area contributed by atoms with Crippen molar-refractivity contribution in [2.75, 3.05) is 0 Å². The Hall–Kier alpha value is -1.07. The fraction of sp³-hybridized carbons (Fsp3) is 0.750. The van der Waals surface area contributed by atoms with Crippen LogP contribution in [0, 0.1) is 0 Å². The molecular formula is C24H42O4S. The second-order valence-electron chi connectivity index (χ2n) is 8.17. The van der Waals surface area contributed by atoms with Gasteiger partial charge in [-0.3, -0.25) is 4.55 Å². The molecule has 0 radical (unpaired) electrons. The molecule has 0 bridgehead atoms. The van der Waals surface area contributed by atoms with E-state index in [1.807, 2.05) is 12.1 Å². The molecule has 0 saturated heterocycles. The van der Waals surface area contributed by atoms with E-state index in [4.69, 9.17) is 4.55 Å². The van der Waals surface area contributed by atoms with Gasteiger partial charge < -0.3 is 4.18 Å². The first-order valence-corrected chi connectivity index (χ1v) is 13.1. The second kappa shape index (κ2) is 16.7. The second-order valence-corrected chi connectivity index (χ2v) is 9.19. The van der Waals surface area contributed by atoms with Crippen molar-refractivity contribution < 1.29 is 17.2 Å². The van der Waals surface area contributed by atoms with Gasteiger partial charge in [-0.15, -0.1) is 0 Å². The SMILES string of the molecule is CCCCCCCCCCCCCCCCCCc1ccccc1OS(=O)(=O)O. The van der Waals surface area contributed by atoms with Crippen LogP contribution in [0.25, 0.3) is 0 Å². The largest absolute Gasteiger partial charge is 0.446 e. The molecule has 1 N–H and O–H groups in total. The zero-order valence-corrected chi connectivity index (χ0v) is 19.2. The number of hydrogen-bond donors (Lipinski definition) is 1. The van der Waals surface area contributed by atoms with Gasteiger partial charge in [0, 0.05) is 0 Å². The van der Waals surface area contributed by atoms with Crippen LogP contribution < -0.4 is 4.18 Å². The standard InChI is InChI=1S/C24H42O4S/c1-2-3-4-5-6-7-8-9-10-11-12-13-14-15-16-17-20-23-21-18-19-22-24(23)28-29(25,26)27/h18-19,21-22H,2-17,20H2,1H3,(H,25,26,27). The van der Waals surface area contributed by atoms with Crippen molar-refractivity contribution in [3.05, 3.63) is 29.8 Å². The van der Waals surface area contributed by atoms with Crippen LogP contribution in [0.2, 0.25) is 0 Å². The molecule has 1 aromatic carbocycles. The van der Waals surface area contributed by atoms with Crippen LogP contribution >= 0.6 is 0 Å². The summed E-state index contributed by atoms with van der Waals surface area (Å²) in [4.78, 5) is 0. The minimum Gasteiger partial charge on any atom is -0.362 e. The van der Waals surface area contributed by atoms with E-state index in [9.17, 15) is 8.42 Å². The van der Waals surface area contributed by atoms with Gasteiger partial charge in [-0.1, -0.05) is 121 Å². The van der Waals surface area contributed by atoms with Gasteiger partial charge in [-0.2, -0.15) is 8.42 Å². The van der Waals surface area contributed by atoms with Gasteiger partial charge in [-0.25, -0.2) is 0 Å². The Morgan fingerprint density at radius 3 is 1.55 bits per heavy atom. The predicted octanol–water partition coefficient (Wildman–Crippen LogP) is 7.67. The van der Waals surface area contributed by atoms with E-state index in [2.05, 4.69) is 11.1 Å². The Labute approximate surface area is 179 Å². The number of aryl methyl sites for hydroxylation is 1. The molecule has 0 fully saturated rings. The van der Waals surface area contributed by atoms with Crippen molar-refractivity contribution in [2.24, 2.45) is 0 Å². The number of unbranched alkanes of at least 4 members (excludes halogenated alkanes) is 15. The summed E-state index contributed by atoms with van der Waals surface area (Å²) < 4.78 is 35.3. The first kappa shape index (κ1) is 26.0. The van der Waals surface area contributed by atoms with E-state index >= 15 is 0 Å². The molecule has 0 saturated carbocycles. The Morgan fingerprint density at radius 1 is 0.690 bits per heavy atom. The molecule has 1 aromatic rings. The molecule has 1 rings (SSSR count). The van der Waals surface area contributed by atoms with Crippen molar-refractivity contribution in [3.63, 3.8) is 0 Å². The maximum absolute atomic E-state index is 10.9. The van der Waals surface area contributed by atoms with E-state index in [-0.39, 0.29) is 5.75 Å². The van der Waals surface area contributed by atoms with Crippen molar-refractivity contribution in [1.29, 1.82) is 0 Å². The number of hydrogen-bond acceptors (Lipinski definition) is 3. The lowest BCUT2D eigenvalue weighted by Crippen LogP contribution is -2.08. The summed E-state index contributed by atoms with van der Waals surface area (Å²) in [5, 5.41) is 0. The van der Waals surface area contributed by atoms with Crippen molar-refractivity contribution in [3.8, 4) is 5.75 Å². The van der Waals surface area contributed by atoms with Crippen LogP contribution in [0.5, 0.6) is 5.75 Å². The lowest BCUT2D eigenvalue weighted by Gasteiger charge is -2.08. The molecule has 0 heterocycles. The first-order valence-electron chi connectivity index (χ1n) is 11.8. The Kier molecular flexibility index (Phi) is 15.0. The van der Waals surface area contributed by atoms with Crippen molar-refractivity contribution in [2.45, 2.75) is 116 Å². The molecule has 0 aliphatic rings. The molecule has 0 aromatic heterocycles. The van der Waals surface area contributed by atoms with Crippen LogP contribution in [0.1, 0.15) is 115 Å². The molecule has 168 valence electrons. The van der Waals surface area contributed by atoms with E-state index < -0.39 is 10.4 Å². The predicted molar refractivity (Wildman–Crippen MR) is 122 cm³/mol. The Balaban J connectivity index is 1.93. The molecule has 0 unspecified atom stereocenters. The third-order valence-electron chi connectivity index (χ3n) is 5.47. The van der Waals surface area contributed by atoms with Crippen LogP contribution in [0.15, 0.2) is 24.3 Å². The molecular weight excluding hydrogens is 384 g/mol. The van der Waals surface area contributed by atoms with Gasteiger partial charge in [0.2, 0.25) is 0 Å². The molecule has 0 spiro atoms. The summed E-state index contributed by atoms with van der Waals surface area (Å²) in [6, 6.07) is 7.00. The maximum atomic E-state index is 10.9. The van der Waals surface area contributed by atoms with Crippen LogP contribution in [0.3, 0.4) is 0 Å². The smallest absolute Gasteiger partial charge is 0.362 e. The minimum atomic E-state index is -4.46. The fourth-order valence-corrected chi connectivity index (χ4v) is 4.16. The Bertz CT molecular complexity index is 613. The average molecular weight is 427 g/mol. The summed E-state index contributed by atoms with van der Waals surface area (Å²) in [5.41, 5.74) is 0.829. The zero-order chi connectivity index (χ0) is 21.2. The van der Waals surface area contributed by atoms with Gasteiger partial charge in [-0.05, 0) is 24.5 Å². The third-order valence-corrected chi connectivity index (χ3v) is 5.86. The highest BCUT2D eigenvalue weighted by molar-refractivity contribution is 7.81. The van der Waals surface area contributed by atoms with E-state index in [0.29, 0.717) is 0 Å². The highest BCUT2D eigenvalue weighted by Gasteiger charge is 2.10. The lowest BCUT2D eigenvalue weighted by molar-refractivity contribution is 0.385. The topological polar surface area (TPSA) is 63.6 Å². The fourth-order valence-electron chi connectivity index (χ4n) is 3.77.